The zero-order valence-corrected chi connectivity index (χ0v) is 10.9. The predicted molar refractivity (Wildman–Crippen MR) is 71.3 cm³/mol. The van der Waals surface area contributed by atoms with Gasteiger partial charge in [0.1, 0.15) is 0 Å². The van der Waals surface area contributed by atoms with Gasteiger partial charge in [0, 0.05) is 37.0 Å². The van der Waals surface area contributed by atoms with E-state index in [1.54, 1.807) is 7.11 Å². The molecule has 0 radical (unpaired) electrons. The average Bonchev–Trinajstić information content (AvgIpc) is 2.61. The summed E-state index contributed by atoms with van der Waals surface area (Å²) >= 11 is 0. The first-order valence-corrected chi connectivity index (χ1v) is 6.24. The van der Waals surface area contributed by atoms with E-state index in [2.05, 4.69) is 48.5 Å². The molecule has 0 saturated carbocycles. The molecule has 2 unspecified atom stereocenters. The number of likely N-dealkylation sites (N-methyl/N-ethyl adjacent to an activating group) is 1. The summed E-state index contributed by atoms with van der Waals surface area (Å²) in [5.74, 6) is 0. The van der Waals surface area contributed by atoms with Gasteiger partial charge in [0.15, 0.2) is 0 Å². The number of anilines is 1. The third kappa shape index (κ3) is 2.99. The molecular weight excluding hydrogens is 212 g/mol. The first-order chi connectivity index (χ1) is 8.20. The fraction of sp³-hybridized carbons (Fsp3) is 0.571. The van der Waals surface area contributed by atoms with Gasteiger partial charge in [-0.05, 0) is 26.5 Å². The second-order valence-electron chi connectivity index (χ2n) is 4.96. The van der Waals surface area contributed by atoms with Crippen LogP contribution < -0.4 is 5.32 Å². The third-order valence-electron chi connectivity index (χ3n) is 3.56. The van der Waals surface area contributed by atoms with Crippen molar-refractivity contribution in [1.82, 2.24) is 4.90 Å². The molecule has 1 heterocycles. The quantitative estimate of drug-likeness (QED) is 0.865. The van der Waals surface area contributed by atoms with E-state index < -0.39 is 0 Å². The van der Waals surface area contributed by atoms with Crippen molar-refractivity contribution < 1.29 is 4.74 Å². The molecule has 1 aromatic carbocycles. The summed E-state index contributed by atoms with van der Waals surface area (Å²) in [6.45, 7) is 4.06. The normalized spacial score (nSPS) is 25.1. The average molecular weight is 234 g/mol. The molecule has 0 amide bonds. The Labute approximate surface area is 104 Å². The van der Waals surface area contributed by atoms with E-state index in [1.165, 1.54) is 17.7 Å². The van der Waals surface area contributed by atoms with Crippen LogP contribution in [0, 0.1) is 0 Å². The SMILES string of the molecule is COCc1ccccc1NC1CC(C)N(C)C1. The van der Waals surface area contributed by atoms with Crippen molar-refractivity contribution in [3.8, 4) is 0 Å². The molecule has 1 aliphatic rings. The van der Waals surface area contributed by atoms with E-state index in [0.29, 0.717) is 18.7 Å². The number of ether oxygens (including phenoxy) is 1. The summed E-state index contributed by atoms with van der Waals surface area (Å²) < 4.78 is 5.22. The lowest BCUT2D eigenvalue weighted by Gasteiger charge is -2.17. The van der Waals surface area contributed by atoms with Gasteiger partial charge in [0.05, 0.1) is 6.61 Å². The number of methoxy groups -OCH3 is 1. The molecule has 0 bridgehead atoms. The number of nitrogens with one attached hydrogen (secondary N) is 1. The lowest BCUT2D eigenvalue weighted by Crippen LogP contribution is -2.25. The van der Waals surface area contributed by atoms with Gasteiger partial charge in [0.25, 0.3) is 0 Å². The lowest BCUT2D eigenvalue weighted by atomic mass is 10.1. The molecule has 0 aromatic heterocycles. The third-order valence-corrected chi connectivity index (χ3v) is 3.56. The van der Waals surface area contributed by atoms with Crippen molar-refractivity contribution in [2.75, 3.05) is 26.0 Å². The molecule has 1 aromatic rings. The monoisotopic (exact) mass is 234 g/mol. The van der Waals surface area contributed by atoms with Crippen LogP contribution in [0.4, 0.5) is 5.69 Å². The van der Waals surface area contributed by atoms with E-state index in [0.717, 1.165) is 6.54 Å². The molecule has 94 valence electrons. The lowest BCUT2D eigenvalue weighted by molar-refractivity contribution is 0.185. The number of para-hydroxylation sites is 1. The van der Waals surface area contributed by atoms with Crippen molar-refractivity contribution >= 4 is 5.69 Å². The Kier molecular flexibility index (Phi) is 4.02. The summed E-state index contributed by atoms with van der Waals surface area (Å²) in [5, 5.41) is 3.63. The Morgan fingerprint density at radius 2 is 2.18 bits per heavy atom. The molecular formula is C14H22N2O. The molecule has 1 saturated heterocycles. The largest absolute Gasteiger partial charge is 0.381 e. The highest BCUT2D eigenvalue weighted by Crippen LogP contribution is 2.22. The van der Waals surface area contributed by atoms with Crippen LogP contribution in [0.5, 0.6) is 0 Å². The van der Waals surface area contributed by atoms with Crippen LogP contribution >= 0.6 is 0 Å². The van der Waals surface area contributed by atoms with E-state index in [4.69, 9.17) is 4.74 Å². The zero-order valence-electron chi connectivity index (χ0n) is 10.9. The number of nitrogens with zero attached hydrogens (tertiary/aromatic N) is 1. The van der Waals surface area contributed by atoms with Crippen molar-refractivity contribution in [3.05, 3.63) is 29.8 Å². The minimum absolute atomic E-state index is 0.549. The first-order valence-electron chi connectivity index (χ1n) is 6.24. The van der Waals surface area contributed by atoms with E-state index >= 15 is 0 Å². The van der Waals surface area contributed by atoms with E-state index in [1.807, 2.05) is 0 Å². The Morgan fingerprint density at radius 1 is 1.41 bits per heavy atom. The summed E-state index contributed by atoms with van der Waals surface area (Å²) in [4.78, 5) is 2.40. The minimum atomic E-state index is 0.549. The number of hydrogen-bond donors (Lipinski definition) is 1. The molecule has 3 nitrogen and oxygen atoms in total. The van der Waals surface area contributed by atoms with Gasteiger partial charge in [-0.15, -0.1) is 0 Å². The van der Waals surface area contributed by atoms with Crippen LogP contribution in [0.3, 0.4) is 0 Å². The molecule has 17 heavy (non-hydrogen) atoms. The fourth-order valence-corrected chi connectivity index (χ4v) is 2.46. The molecule has 1 fully saturated rings. The van der Waals surface area contributed by atoms with Crippen LogP contribution in [0.15, 0.2) is 24.3 Å². The Morgan fingerprint density at radius 3 is 2.82 bits per heavy atom. The van der Waals surface area contributed by atoms with Crippen molar-refractivity contribution in [2.45, 2.75) is 32.0 Å². The maximum absolute atomic E-state index is 5.22. The van der Waals surface area contributed by atoms with Crippen molar-refractivity contribution in [3.63, 3.8) is 0 Å². The zero-order chi connectivity index (χ0) is 12.3. The van der Waals surface area contributed by atoms with Crippen molar-refractivity contribution in [2.24, 2.45) is 0 Å². The van der Waals surface area contributed by atoms with Gasteiger partial charge in [-0.25, -0.2) is 0 Å². The highest BCUT2D eigenvalue weighted by Gasteiger charge is 2.26. The van der Waals surface area contributed by atoms with Gasteiger partial charge >= 0.3 is 0 Å². The molecule has 0 aliphatic carbocycles. The maximum Gasteiger partial charge on any atom is 0.0733 e. The van der Waals surface area contributed by atoms with Gasteiger partial charge in [-0.2, -0.15) is 0 Å². The number of benzene rings is 1. The van der Waals surface area contributed by atoms with Gasteiger partial charge in [0.2, 0.25) is 0 Å². The van der Waals surface area contributed by atoms with Crippen LogP contribution in [0.1, 0.15) is 18.9 Å². The van der Waals surface area contributed by atoms with E-state index in [-0.39, 0.29) is 0 Å². The smallest absolute Gasteiger partial charge is 0.0733 e. The topological polar surface area (TPSA) is 24.5 Å². The predicted octanol–water partition coefficient (Wildman–Crippen LogP) is 2.34. The van der Waals surface area contributed by atoms with Gasteiger partial charge in [-0.3, -0.25) is 0 Å². The minimum Gasteiger partial charge on any atom is -0.381 e. The van der Waals surface area contributed by atoms with Crippen molar-refractivity contribution in [1.29, 1.82) is 0 Å². The second-order valence-corrected chi connectivity index (χ2v) is 4.96. The van der Waals surface area contributed by atoms with Crippen LogP contribution in [0.2, 0.25) is 0 Å². The molecule has 3 heteroatoms. The molecule has 2 rings (SSSR count). The molecule has 1 N–H and O–H groups in total. The van der Waals surface area contributed by atoms with Crippen LogP contribution in [-0.2, 0) is 11.3 Å². The molecule has 1 aliphatic heterocycles. The van der Waals surface area contributed by atoms with Crippen LogP contribution in [0.25, 0.3) is 0 Å². The summed E-state index contributed by atoms with van der Waals surface area (Å²) in [6.07, 6.45) is 1.21. The summed E-state index contributed by atoms with van der Waals surface area (Å²) in [6, 6.07) is 9.60. The number of hydrogen-bond acceptors (Lipinski definition) is 3. The first kappa shape index (κ1) is 12.4. The van der Waals surface area contributed by atoms with E-state index in [9.17, 15) is 0 Å². The Balaban J connectivity index is 2.03. The summed E-state index contributed by atoms with van der Waals surface area (Å²) in [5.41, 5.74) is 2.44. The Hall–Kier alpha value is -1.06. The summed E-state index contributed by atoms with van der Waals surface area (Å²) in [7, 11) is 3.93. The molecule has 0 spiro atoms. The second kappa shape index (κ2) is 5.52. The molecule has 2 atom stereocenters. The Bertz CT molecular complexity index is 357. The van der Waals surface area contributed by atoms with Gasteiger partial charge in [-0.1, -0.05) is 18.2 Å². The highest BCUT2D eigenvalue weighted by atomic mass is 16.5. The number of rotatable bonds is 4. The highest BCUT2D eigenvalue weighted by molar-refractivity contribution is 5.51. The maximum atomic E-state index is 5.22. The standard InChI is InChI=1S/C14H22N2O/c1-11-8-13(9-16(11)2)15-14-7-5-4-6-12(14)10-17-3/h4-7,11,13,15H,8-10H2,1-3H3. The fourth-order valence-electron chi connectivity index (χ4n) is 2.46. The van der Waals surface area contributed by atoms with Crippen LogP contribution in [-0.4, -0.2) is 37.7 Å². The number of likely N-dealkylation sites (tertiary alicyclic amines) is 1. The van der Waals surface area contributed by atoms with Gasteiger partial charge < -0.3 is 15.0 Å².